The first-order valence-corrected chi connectivity index (χ1v) is 9.40. The van der Waals surface area contributed by atoms with Gasteiger partial charge in [0.1, 0.15) is 11.3 Å². The number of aryl methyl sites for hydroxylation is 1. The number of aromatic nitrogens is 4. The van der Waals surface area contributed by atoms with Gasteiger partial charge in [-0.25, -0.2) is 4.98 Å². The van der Waals surface area contributed by atoms with Gasteiger partial charge in [0.05, 0.1) is 19.8 Å². The molecule has 0 saturated carbocycles. The number of piperidine rings is 1. The molecule has 0 aromatic carbocycles. The van der Waals surface area contributed by atoms with Crippen molar-refractivity contribution >= 4 is 16.5 Å². The maximum absolute atomic E-state index is 5.99. The first-order valence-electron chi connectivity index (χ1n) is 8.52. The van der Waals surface area contributed by atoms with Crippen LogP contribution in [0.25, 0.3) is 0 Å². The van der Waals surface area contributed by atoms with Crippen LogP contribution in [0.4, 0.5) is 5.13 Å². The summed E-state index contributed by atoms with van der Waals surface area (Å²) < 4.78 is 8.10. The van der Waals surface area contributed by atoms with Gasteiger partial charge in [0.2, 0.25) is 5.13 Å². The zero-order valence-corrected chi connectivity index (χ0v) is 14.9. The predicted octanol–water partition coefficient (Wildman–Crippen LogP) is 1.39. The minimum Gasteiger partial charge on any atom is -0.379 e. The van der Waals surface area contributed by atoms with E-state index in [0.717, 1.165) is 56.9 Å². The maximum atomic E-state index is 5.99. The molecule has 1 atom stereocenters. The summed E-state index contributed by atoms with van der Waals surface area (Å²) in [6.45, 7) is 6.59. The van der Waals surface area contributed by atoms with E-state index in [9.17, 15) is 0 Å². The zero-order chi connectivity index (χ0) is 16.4. The van der Waals surface area contributed by atoms with Crippen LogP contribution in [0, 0.1) is 5.41 Å². The Hall–Kier alpha value is -1.51. The molecule has 4 rings (SSSR count). The van der Waals surface area contributed by atoms with Gasteiger partial charge in [-0.3, -0.25) is 4.90 Å². The molecule has 0 radical (unpaired) electrons. The molecule has 0 aliphatic carbocycles. The quantitative estimate of drug-likeness (QED) is 0.835. The van der Waals surface area contributed by atoms with Crippen molar-refractivity contribution in [3.63, 3.8) is 0 Å². The third kappa shape index (κ3) is 3.31. The average molecular weight is 348 g/mol. The fourth-order valence-corrected chi connectivity index (χ4v) is 4.49. The number of imidazole rings is 1. The first kappa shape index (κ1) is 16.0. The zero-order valence-electron chi connectivity index (χ0n) is 14.1. The lowest BCUT2D eigenvalue weighted by atomic mass is 9.80. The van der Waals surface area contributed by atoms with Gasteiger partial charge in [-0.1, -0.05) is 11.3 Å². The lowest BCUT2D eigenvalue weighted by molar-refractivity contribution is 0.00968. The van der Waals surface area contributed by atoms with E-state index in [4.69, 9.17) is 4.74 Å². The third-order valence-corrected chi connectivity index (χ3v) is 5.84. The van der Waals surface area contributed by atoms with Crippen LogP contribution in [0.15, 0.2) is 17.9 Å². The van der Waals surface area contributed by atoms with Crippen LogP contribution in [-0.2, 0) is 18.3 Å². The molecule has 2 aliphatic rings. The molecule has 1 spiro atoms. The van der Waals surface area contributed by atoms with Crippen LogP contribution in [0.5, 0.6) is 0 Å². The second-order valence-corrected chi connectivity index (χ2v) is 7.78. The van der Waals surface area contributed by atoms with Crippen molar-refractivity contribution in [3.05, 3.63) is 23.7 Å². The Labute approximate surface area is 146 Å². The largest absolute Gasteiger partial charge is 0.379 e. The minimum absolute atomic E-state index is 0.172. The van der Waals surface area contributed by atoms with Crippen LogP contribution in [0.2, 0.25) is 0 Å². The Kier molecular flexibility index (Phi) is 4.51. The van der Waals surface area contributed by atoms with Gasteiger partial charge in [-0.2, -0.15) is 0 Å². The normalized spacial score (nSPS) is 26.0. The summed E-state index contributed by atoms with van der Waals surface area (Å²) in [5.41, 5.74) is 1.98. The van der Waals surface area contributed by atoms with Crippen LogP contribution in [0.3, 0.4) is 0 Å². The highest BCUT2D eigenvalue weighted by molar-refractivity contribution is 7.13. The predicted molar refractivity (Wildman–Crippen MR) is 93.1 cm³/mol. The molecule has 2 aliphatic heterocycles. The number of nitrogens with zero attached hydrogens (tertiary/aromatic N) is 6. The molecule has 0 N–H and O–H groups in total. The van der Waals surface area contributed by atoms with E-state index >= 15 is 0 Å². The van der Waals surface area contributed by atoms with E-state index in [1.807, 2.05) is 17.9 Å². The molecule has 2 fully saturated rings. The lowest BCUT2D eigenvalue weighted by Crippen LogP contribution is -2.50. The third-order valence-electron chi connectivity index (χ3n) is 5.09. The summed E-state index contributed by atoms with van der Waals surface area (Å²) in [6.07, 6.45) is 6.30. The molecule has 130 valence electrons. The summed E-state index contributed by atoms with van der Waals surface area (Å²) in [5, 5.41) is 9.28. The second-order valence-electron chi connectivity index (χ2n) is 6.96. The second kappa shape index (κ2) is 6.78. The van der Waals surface area contributed by atoms with Crippen LogP contribution < -0.4 is 4.90 Å². The summed E-state index contributed by atoms with van der Waals surface area (Å²) in [6, 6.07) is 0. The highest BCUT2D eigenvalue weighted by atomic mass is 32.1. The number of hydrogen-bond donors (Lipinski definition) is 0. The molecule has 4 heterocycles. The Morgan fingerprint density at radius 2 is 2.29 bits per heavy atom. The lowest BCUT2D eigenvalue weighted by Gasteiger charge is -2.43. The Bertz CT molecular complexity index is 659. The van der Waals surface area contributed by atoms with Gasteiger partial charge in [0.15, 0.2) is 0 Å². The van der Waals surface area contributed by atoms with Crippen molar-refractivity contribution in [2.45, 2.75) is 19.4 Å². The molecule has 7 nitrogen and oxygen atoms in total. The molecule has 2 aromatic rings. The number of ether oxygens (including phenoxy) is 1. The monoisotopic (exact) mass is 348 g/mol. The topological polar surface area (TPSA) is 59.3 Å². The van der Waals surface area contributed by atoms with Crippen LogP contribution in [-0.4, -0.2) is 64.0 Å². The summed E-state index contributed by atoms with van der Waals surface area (Å²) >= 11 is 1.61. The fraction of sp³-hybridized carbons (Fsp3) is 0.688. The van der Waals surface area contributed by atoms with E-state index in [1.165, 1.54) is 12.8 Å². The van der Waals surface area contributed by atoms with Crippen molar-refractivity contribution in [3.8, 4) is 0 Å². The molecule has 2 aromatic heterocycles. The van der Waals surface area contributed by atoms with Crippen molar-refractivity contribution in [2.75, 3.05) is 44.3 Å². The number of hydrogen-bond acceptors (Lipinski definition) is 7. The number of anilines is 1. The van der Waals surface area contributed by atoms with Crippen molar-refractivity contribution in [2.24, 2.45) is 12.5 Å². The average Bonchev–Trinajstić information content (AvgIpc) is 3.20. The summed E-state index contributed by atoms with van der Waals surface area (Å²) in [7, 11) is 2.06. The summed E-state index contributed by atoms with van der Waals surface area (Å²) in [4.78, 5) is 9.36. The molecule has 8 heteroatoms. The Balaban J connectivity index is 1.49. The van der Waals surface area contributed by atoms with Gasteiger partial charge in [0, 0.05) is 44.5 Å². The SMILES string of the molecule is Cn1ccnc1CN1CCC[C@]2(COCCN(c3nncs3)C2)C1. The Morgan fingerprint density at radius 3 is 3.08 bits per heavy atom. The van der Waals surface area contributed by atoms with Crippen LogP contribution >= 0.6 is 11.3 Å². The molecular formula is C16H24N6OS. The van der Waals surface area contributed by atoms with Gasteiger partial charge < -0.3 is 14.2 Å². The number of likely N-dealkylation sites (tertiary alicyclic amines) is 1. The maximum Gasteiger partial charge on any atom is 0.208 e. The molecule has 2 saturated heterocycles. The van der Waals surface area contributed by atoms with Gasteiger partial charge in [0.25, 0.3) is 0 Å². The van der Waals surface area contributed by atoms with Gasteiger partial charge in [-0.15, -0.1) is 10.2 Å². The van der Waals surface area contributed by atoms with E-state index < -0.39 is 0 Å². The van der Waals surface area contributed by atoms with Gasteiger partial charge >= 0.3 is 0 Å². The van der Waals surface area contributed by atoms with E-state index in [1.54, 1.807) is 11.3 Å². The minimum atomic E-state index is 0.172. The standard InChI is InChI=1S/C16H24N6OS/c1-20-6-4-17-14(20)9-21-5-2-3-16(10-21)11-22(7-8-23-12-16)15-19-18-13-24-15/h4,6,13H,2-3,5,7-12H2,1H3/t16-/m0/s1. The van der Waals surface area contributed by atoms with E-state index in [2.05, 4.69) is 36.6 Å². The molecule has 24 heavy (non-hydrogen) atoms. The van der Waals surface area contributed by atoms with E-state index in [-0.39, 0.29) is 5.41 Å². The highest BCUT2D eigenvalue weighted by Crippen LogP contribution is 2.35. The summed E-state index contributed by atoms with van der Waals surface area (Å²) in [5.74, 6) is 1.13. The fourth-order valence-electron chi connectivity index (χ4n) is 3.90. The van der Waals surface area contributed by atoms with Crippen molar-refractivity contribution in [1.29, 1.82) is 0 Å². The Morgan fingerprint density at radius 1 is 1.33 bits per heavy atom. The van der Waals surface area contributed by atoms with Crippen molar-refractivity contribution in [1.82, 2.24) is 24.6 Å². The first-order chi connectivity index (χ1) is 11.7. The van der Waals surface area contributed by atoms with Gasteiger partial charge in [-0.05, 0) is 19.4 Å². The number of rotatable bonds is 3. The molecular weight excluding hydrogens is 324 g/mol. The highest BCUT2D eigenvalue weighted by Gasteiger charge is 2.39. The smallest absolute Gasteiger partial charge is 0.208 e. The molecule has 0 bridgehead atoms. The molecule has 0 amide bonds. The van der Waals surface area contributed by atoms with E-state index in [0.29, 0.717) is 0 Å². The van der Waals surface area contributed by atoms with Crippen molar-refractivity contribution < 1.29 is 4.74 Å². The van der Waals surface area contributed by atoms with Crippen LogP contribution in [0.1, 0.15) is 18.7 Å². The molecule has 0 unspecified atom stereocenters.